The normalized spacial score (nSPS) is 40.3. The first kappa shape index (κ1) is 9.00. The van der Waals surface area contributed by atoms with Gasteiger partial charge in [0, 0.05) is 13.0 Å². The SMILES string of the molecule is C[C@@]12CCCN1C(=O)CCC[C@@H]2O. The fraction of sp³-hybridized carbons (Fsp3) is 0.900. The largest absolute Gasteiger partial charge is 0.391 e. The minimum absolute atomic E-state index is 0.233. The van der Waals surface area contributed by atoms with E-state index >= 15 is 0 Å². The molecule has 2 rings (SSSR count). The second kappa shape index (κ2) is 2.98. The number of aliphatic hydroxyl groups is 1. The first-order valence-corrected chi connectivity index (χ1v) is 5.13. The summed E-state index contributed by atoms with van der Waals surface area (Å²) >= 11 is 0. The smallest absolute Gasteiger partial charge is 0.223 e. The van der Waals surface area contributed by atoms with Gasteiger partial charge in [0.15, 0.2) is 0 Å². The van der Waals surface area contributed by atoms with Crippen molar-refractivity contribution in [2.45, 2.75) is 50.7 Å². The summed E-state index contributed by atoms with van der Waals surface area (Å²) in [4.78, 5) is 13.6. The molecule has 0 aliphatic carbocycles. The molecule has 0 unspecified atom stereocenters. The van der Waals surface area contributed by atoms with E-state index < -0.39 is 0 Å². The fourth-order valence-corrected chi connectivity index (χ4v) is 2.63. The van der Waals surface area contributed by atoms with E-state index in [2.05, 4.69) is 0 Å². The van der Waals surface area contributed by atoms with Crippen LogP contribution in [0.4, 0.5) is 0 Å². The molecule has 0 spiro atoms. The van der Waals surface area contributed by atoms with Gasteiger partial charge in [-0.1, -0.05) is 0 Å². The highest BCUT2D eigenvalue weighted by molar-refractivity contribution is 5.77. The molecule has 2 atom stereocenters. The van der Waals surface area contributed by atoms with Crippen LogP contribution in [0.25, 0.3) is 0 Å². The Balaban J connectivity index is 2.28. The van der Waals surface area contributed by atoms with Crippen molar-refractivity contribution in [2.24, 2.45) is 0 Å². The molecule has 1 N–H and O–H groups in total. The predicted octanol–water partition coefficient (Wildman–Crippen LogP) is 0.912. The van der Waals surface area contributed by atoms with Gasteiger partial charge in [-0.05, 0) is 32.6 Å². The van der Waals surface area contributed by atoms with Crippen LogP contribution in [0.5, 0.6) is 0 Å². The van der Waals surface area contributed by atoms with Gasteiger partial charge in [-0.2, -0.15) is 0 Å². The summed E-state index contributed by atoms with van der Waals surface area (Å²) in [5.74, 6) is 0.233. The molecule has 2 saturated heterocycles. The molecule has 0 bridgehead atoms. The minimum atomic E-state index is -0.318. The van der Waals surface area contributed by atoms with Crippen LogP contribution in [0.2, 0.25) is 0 Å². The van der Waals surface area contributed by atoms with E-state index in [0.717, 1.165) is 32.2 Å². The van der Waals surface area contributed by atoms with Crippen molar-refractivity contribution in [2.75, 3.05) is 6.54 Å². The van der Waals surface area contributed by atoms with Gasteiger partial charge in [0.05, 0.1) is 11.6 Å². The van der Waals surface area contributed by atoms with Crippen molar-refractivity contribution in [3.05, 3.63) is 0 Å². The zero-order chi connectivity index (χ0) is 9.47. The number of hydrogen-bond donors (Lipinski definition) is 1. The van der Waals surface area contributed by atoms with Crippen molar-refractivity contribution in [3.8, 4) is 0 Å². The van der Waals surface area contributed by atoms with E-state index in [1.807, 2.05) is 11.8 Å². The van der Waals surface area contributed by atoms with Crippen molar-refractivity contribution in [1.82, 2.24) is 4.90 Å². The highest BCUT2D eigenvalue weighted by Gasteiger charge is 2.45. The van der Waals surface area contributed by atoms with E-state index in [9.17, 15) is 9.90 Å². The van der Waals surface area contributed by atoms with Gasteiger partial charge >= 0.3 is 0 Å². The maximum absolute atomic E-state index is 11.7. The Hall–Kier alpha value is -0.570. The molecule has 3 nitrogen and oxygen atoms in total. The second-order valence-electron chi connectivity index (χ2n) is 4.41. The Kier molecular flexibility index (Phi) is 2.06. The van der Waals surface area contributed by atoms with Crippen LogP contribution in [-0.4, -0.2) is 34.1 Å². The number of rotatable bonds is 0. The topological polar surface area (TPSA) is 40.5 Å². The van der Waals surface area contributed by atoms with E-state index in [1.54, 1.807) is 0 Å². The molecule has 3 heteroatoms. The molecule has 0 radical (unpaired) electrons. The zero-order valence-corrected chi connectivity index (χ0v) is 8.12. The average molecular weight is 183 g/mol. The van der Waals surface area contributed by atoms with Crippen molar-refractivity contribution >= 4 is 5.91 Å². The highest BCUT2D eigenvalue weighted by atomic mass is 16.3. The zero-order valence-electron chi connectivity index (χ0n) is 8.12. The number of carbonyl (C=O) groups excluding carboxylic acids is 1. The Morgan fingerprint density at radius 1 is 1.54 bits per heavy atom. The van der Waals surface area contributed by atoms with Gasteiger partial charge < -0.3 is 10.0 Å². The lowest BCUT2D eigenvalue weighted by Gasteiger charge is -2.37. The predicted molar refractivity (Wildman–Crippen MR) is 49.2 cm³/mol. The fourth-order valence-electron chi connectivity index (χ4n) is 2.63. The standard InChI is InChI=1S/C10H17NO2/c1-10-6-3-7-11(10)9(13)5-2-4-8(10)12/h8,12H,2-7H2,1H3/t8-,10-/m0/s1. The molecule has 2 fully saturated rings. The van der Waals surface area contributed by atoms with E-state index in [-0.39, 0.29) is 17.6 Å². The molecule has 0 aromatic heterocycles. The number of nitrogens with zero attached hydrogens (tertiary/aromatic N) is 1. The molecule has 1 amide bonds. The maximum Gasteiger partial charge on any atom is 0.223 e. The molecular formula is C10H17NO2. The van der Waals surface area contributed by atoms with Crippen LogP contribution in [0.1, 0.15) is 39.0 Å². The van der Waals surface area contributed by atoms with Crippen LogP contribution < -0.4 is 0 Å². The number of amides is 1. The number of aliphatic hydroxyl groups excluding tert-OH is 1. The summed E-state index contributed by atoms with van der Waals surface area (Å²) in [5, 5.41) is 9.94. The number of hydrogen-bond acceptors (Lipinski definition) is 2. The first-order valence-electron chi connectivity index (χ1n) is 5.13. The maximum atomic E-state index is 11.7. The average Bonchev–Trinajstić information content (AvgIpc) is 2.44. The van der Waals surface area contributed by atoms with Gasteiger partial charge in [0.25, 0.3) is 0 Å². The van der Waals surface area contributed by atoms with Crippen LogP contribution in [0.3, 0.4) is 0 Å². The number of carbonyl (C=O) groups is 1. The molecule has 2 aliphatic rings. The summed E-state index contributed by atoms with van der Waals surface area (Å²) < 4.78 is 0. The third-order valence-electron chi connectivity index (χ3n) is 3.57. The summed E-state index contributed by atoms with van der Waals surface area (Å²) in [6.45, 7) is 2.86. The van der Waals surface area contributed by atoms with Crippen LogP contribution in [-0.2, 0) is 4.79 Å². The van der Waals surface area contributed by atoms with Gasteiger partial charge in [0.1, 0.15) is 0 Å². The Morgan fingerprint density at radius 3 is 3.08 bits per heavy atom. The Morgan fingerprint density at radius 2 is 2.31 bits per heavy atom. The third-order valence-corrected chi connectivity index (χ3v) is 3.57. The number of fused-ring (bicyclic) bond motifs is 1. The monoisotopic (exact) mass is 183 g/mol. The van der Waals surface area contributed by atoms with Crippen LogP contribution in [0, 0.1) is 0 Å². The molecule has 74 valence electrons. The molecule has 0 aromatic carbocycles. The van der Waals surface area contributed by atoms with Gasteiger partial charge in [-0.3, -0.25) is 4.79 Å². The lowest BCUT2D eigenvalue weighted by Crippen LogP contribution is -2.51. The van der Waals surface area contributed by atoms with Gasteiger partial charge in [0.2, 0.25) is 5.91 Å². The van der Waals surface area contributed by atoms with E-state index in [0.29, 0.717) is 6.42 Å². The lowest BCUT2D eigenvalue weighted by atomic mass is 9.90. The van der Waals surface area contributed by atoms with Gasteiger partial charge in [-0.25, -0.2) is 0 Å². The summed E-state index contributed by atoms with van der Waals surface area (Å²) in [6.07, 6.45) is 3.91. The van der Waals surface area contributed by atoms with Crippen LogP contribution >= 0.6 is 0 Å². The molecule has 13 heavy (non-hydrogen) atoms. The third kappa shape index (κ3) is 1.26. The Bertz CT molecular complexity index is 229. The molecule has 0 aromatic rings. The summed E-state index contributed by atoms with van der Waals surface area (Å²) in [7, 11) is 0. The second-order valence-corrected chi connectivity index (χ2v) is 4.41. The molecule has 2 heterocycles. The Labute approximate surface area is 78.7 Å². The first-order chi connectivity index (χ1) is 6.14. The summed E-state index contributed by atoms with van der Waals surface area (Å²) in [6, 6.07) is 0. The van der Waals surface area contributed by atoms with Gasteiger partial charge in [-0.15, -0.1) is 0 Å². The quantitative estimate of drug-likeness (QED) is 0.606. The van der Waals surface area contributed by atoms with Crippen molar-refractivity contribution in [3.63, 3.8) is 0 Å². The summed E-state index contributed by atoms with van der Waals surface area (Å²) in [5.41, 5.74) is -0.256. The molecular weight excluding hydrogens is 166 g/mol. The molecule has 0 saturated carbocycles. The van der Waals surface area contributed by atoms with Crippen molar-refractivity contribution < 1.29 is 9.90 Å². The van der Waals surface area contributed by atoms with Crippen molar-refractivity contribution in [1.29, 1.82) is 0 Å². The lowest BCUT2D eigenvalue weighted by molar-refractivity contribution is -0.136. The van der Waals surface area contributed by atoms with E-state index in [4.69, 9.17) is 0 Å². The highest BCUT2D eigenvalue weighted by Crippen LogP contribution is 2.36. The molecule has 2 aliphatic heterocycles. The minimum Gasteiger partial charge on any atom is -0.391 e. The van der Waals surface area contributed by atoms with E-state index in [1.165, 1.54) is 0 Å². The van der Waals surface area contributed by atoms with Crippen LogP contribution in [0.15, 0.2) is 0 Å².